The molecule has 0 radical (unpaired) electrons. The number of carbonyl (C=O) groups is 2. The summed E-state index contributed by atoms with van der Waals surface area (Å²) in [5, 5.41) is 3.61. The Morgan fingerprint density at radius 3 is 1.17 bits per heavy atom. The highest BCUT2D eigenvalue weighted by Gasteiger charge is 2.55. The van der Waals surface area contributed by atoms with E-state index in [2.05, 4.69) is 9.97 Å². The van der Waals surface area contributed by atoms with Crippen LogP contribution in [0.25, 0.3) is 32.7 Å². The van der Waals surface area contributed by atoms with Crippen LogP contribution in [-0.4, -0.2) is 75.6 Å². The van der Waals surface area contributed by atoms with Crippen LogP contribution in [0.15, 0.2) is 167 Å². The zero-order valence-electron chi connectivity index (χ0n) is 40.0. The van der Waals surface area contributed by atoms with Crippen LogP contribution >= 0.6 is 0 Å². The molecule has 8 aromatic rings. The molecule has 0 fully saturated rings. The third-order valence-corrected chi connectivity index (χ3v) is 15.0. The van der Waals surface area contributed by atoms with E-state index in [1.54, 1.807) is 42.7 Å². The quantitative estimate of drug-likeness (QED) is 0.153. The number of hydrogen-bond donors (Lipinski definition) is 2. The second kappa shape index (κ2) is 15.7. The number of methoxy groups -OCH3 is 6. The topological polar surface area (TPSA) is 146 Å². The fourth-order valence-electron chi connectivity index (χ4n) is 11.9. The zero-order chi connectivity index (χ0) is 49.2. The first-order valence-corrected chi connectivity index (χ1v) is 23.4. The highest BCUT2D eigenvalue weighted by atomic mass is 16.5. The molecule has 5 heterocycles. The van der Waals surface area contributed by atoms with Crippen LogP contribution < -0.4 is 28.4 Å². The number of carbonyl (C=O) groups excluding carboxylic acids is 2. The lowest BCUT2D eigenvalue weighted by Crippen LogP contribution is -2.41. The number of fused-ring (bicyclic) bond motifs is 12. The summed E-state index contributed by atoms with van der Waals surface area (Å²) >= 11 is 0. The molecule has 6 aromatic carbocycles. The van der Waals surface area contributed by atoms with Gasteiger partial charge < -0.3 is 38.4 Å². The summed E-state index contributed by atoms with van der Waals surface area (Å²) in [6.45, 7) is 0. The number of Topliss-reactive ketones (excluding diaryl/α,β-unsaturated/α-hetero) is 2. The Morgan fingerprint density at radius 2 is 0.806 bits per heavy atom. The summed E-state index contributed by atoms with van der Waals surface area (Å²) in [6.07, 6.45) is 7.76. The lowest BCUT2D eigenvalue weighted by atomic mass is 9.73. The summed E-state index contributed by atoms with van der Waals surface area (Å²) in [4.78, 5) is 50.3. The van der Waals surface area contributed by atoms with Crippen molar-refractivity contribution in [3.63, 3.8) is 0 Å². The third-order valence-electron chi connectivity index (χ3n) is 15.0. The molecular weight excluding hydrogens is 905 g/mol. The Morgan fingerprint density at radius 1 is 0.431 bits per heavy atom. The number of aromatic amines is 2. The van der Waals surface area contributed by atoms with Crippen molar-refractivity contribution in [3.05, 3.63) is 213 Å². The molecule has 2 aromatic heterocycles. The molecule has 2 spiro atoms. The fourth-order valence-corrected chi connectivity index (χ4v) is 11.9. The van der Waals surface area contributed by atoms with Crippen LogP contribution in [-0.2, 0) is 10.8 Å². The number of nitrogens with one attached hydrogen (secondary N) is 2. The van der Waals surface area contributed by atoms with Crippen LogP contribution in [0, 0.1) is 0 Å². The smallest absolute Gasteiger partial charge is 0.203 e. The minimum atomic E-state index is -1.44. The van der Waals surface area contributed by atoms with Gasteiger partial charge in [0.15, 0.2) is 34.6 Å². The molecule has 2 N–H and O–H groups in total. The summed E-state index contributed by atoms with van der Waals surface area (Å²) < 4.78 is 35.3. The van der Waals surface area contributed by atoms with Gasteiger partial charge in [-0.2, -0.15) is 0 Å². The highest BCUT2D eigenvalue weighted by molar-refractivity contribution is 6.36. The van der Waals surface area contributed by atoms with Crippen LogP contribution in [0.4, 0.5) is 0 Å². The Balaban J connectivity index is 1.17. The Hall–Kier alpha value is -9.16. The van der Waals surface area contributed by atoms with Crippen molar-refractivity contribution in [2.45, 2.75) is 10.8 Å². The molecule has 5 aliphatic rings. The number of ether oxygens (including phenoxy) is 6. The number of ketones is 2. The van der Waals surface area contributed by atoms with Gasteiger partial charge in [-0.1, -0.05) is 72.8 Å². The van der Waals surface area contributed by atoms with Gasteiger partial charge in [-0.3, -0.25) is 19.6 Å². The number of hydrogen-bond acceptors (Lipinski definition) is 10. The van der Waals surface area contributed by atoms with Gasteiger partial charge in [0.25, 0.3) is 0 Å². The molecule has 13 rings (SSSR count). The van der Waals surface area contributed by atoms with Crippen LogP contribution in [0.5, 0.6) is 34.5 Å². The van der Waals surface area contributed by atoms with Crippen molar-refractivity contribution in [2.24, 2.45) is 9.98 Å². The Labute approximate surface area is 413 Å². The van der Waals surface area contributed by atoms with Gasteiger partial charge in [-0.15, -0.1) is 0 Å². The van der Waals surface area contributed by atoms with Crippen molar-refractivity contribution in [3.8, 4) is 34.5 Å². The van der Waals surface area contributed by atoms with E-state index in [-0.39, 0.29) is 11.6 Å². The number of nitrogens with zero attached hydrogens (tertiary/aromatic N) is 2. The summed E-state index contributed by atoms with van der Waals surface area (Å²) in [5.41, 5.74) is 7.20. The monoisotopic (exact) mass is 948 g/mol. The maximum absolute atomic E-state index is 15.8. The van der Waals surface area contributed by atoms with E-state index in [1.807, 2.05) is 146 Å². The number of allylic oxidation sites excluding steroid dienone is 4. The fraction of sp³-hybridized carbons (Fsp3) is 0.133. The molecule has 0 saturated heterocycles. The third kappa shape index (κ3) is 5.51. The van der Waals surface area contributed by atoms with Crippen LogP contribution in [0.3, 0.4) is 0 Å². The molecule has 2 aliphatic carbocycles. The van der Waals surface area contributed by atoms with E-state index < -0.39 is 10.8 Å². The minimum absolute atomic E-state index is 0.122. The highest BCUT2D eigenvalue weighted by Crippen LogP contribution is 2.53. The number of aliphatic imine (C=N–C) groups is 2. The first-order chi connectivity index (χ1) is 35.2. The summed E-state index contributed by atoms with van der Waals surface area (Å²) in [5.74, 6) is 2.35. The molecule has 12 heteroatoms. The Kier molecular flexibility index (Phi) is 9.34. The number of benzene rings is 6. The molecule has 352 valence electrons. The maximum atomic E-state index is 15.8. The van der Waals surface area contributed by atoms with Crippen molar-refractivity contribution in [2.75, 3.05) is 42.7 Å². The van der Waals surface area contributed by atoms with E-state index >= 15 is 9.59 Å². The first kappa shape index (κ1) is 42.9. The Bertz CT molecular complexity index is 3640. The van der Waals surface area contributed by atoms with Gasteiger partial charge in [0, 0.05) is 45.0 Å². The lowest BCUT2D eigenvalue weighted by Gasteiger charge is -2.28. The van der Waals surface area contributed by atoms with E-state index in [4.69, 9.17) is 38.4 Å². The molecule has 0 amide bonds. The molecule has 3 aliphatic heterocycles. The van der Waals surface area contributed by atoms with Crippen molar-refractivity contribution in [1.29, 1.82) is 0 Å². The molecule has 72 heavy (non-hydrogen) atoms. The van der Waals surface area contributed by atoms with Crippen LogP contribution in [0.2, 0.25) is 0 Å². The standard InChI is InChI=1S/C60H44N4O8/c1-67-43-27-33(28-44(68-2)55(43)71-5)53-39-19-23-47(61-39)59(37-17-9-13-31-11-7-15-35(51(31)37)57(59)65)49-25-21-41(63-49)54(34-29-45(69-3)56(72-6)46(30-34)70-4)42-22-26-50(64-42)60(48-24-20-40(53)62-48)38-18-10-14-32-12-8-16-36(52(32)38)58(60)66/h7-30,61,64H,1-6H3/b53-40-,54-41?/t59-,60-/m1/s1. The van der Waals surface area contributed by atoms with E-state index in [9.17, 15) is 0 Å². The molecule has 2 atom stereocenters. The average molecular weight is 949 g/mol. The average Bonchev–Trinajstić information content (AvgIpc) is 4.31. The normalized spacial score (nSPS) is 20.1. The van der Waals surface area contributed by atoms with E-state index in [0.717, 1.165) is 32.7 Å². The maximum Gasteiger partial charge on any atom is 0.203 e. The SMILES string of the molecule is COc1cc(C2=C3C=CC(=N3)[C@]3(C(=O)c4cccc5cccc3c45)c3ccc([nH]3)/C(c3cc(OC)c(OC)c(OC)c3)=C3/C=CC(=N3)[C@@]3(C(=O)c4cccc5cccc3c45)c3ccc2[nH]3)cc(OC)c1OC. The van der Waals surface area contributed by atoms with Gasteiger partial charge in [0.1, 0.15) is 10.8 Å². The van der Waals surface area contributed by atoms with E-state index in [1.165, 1.54) is 0 Å². The van der Waals surface area contributed by atoms with Gasteiger partial charge in [-0.25, -0.2) is 0 Å². The second-order valence-electron chi connectivity index (χ2n) is 18.2. The lowest BCUT2D eigenvalue weighted by molar-refractivity contribution is 0.0949. The van der Waals surface area contributed by atoms with Gasteiger partial charge in [0.05, 0.1) is 65.5 Å². The van der Waals surface area contributed by atoms with Crippen molar-refractivity contribution in [1.82, 2.24) is 9.97 Å². The first-order valence-electron chi connectivity index (χ1n) is 23.4. The predicted molar refractivity (Wildman–Crippen MR) is 277 cm³/mol. The molecule has 8 bridgehead atoms. The zero-order valence-corrected chi connectivity index (χ0v) is 40.0. The molecule has 12 nitrogen and oxygen atoms in total. The molecule has 0 unspecified atom stereocenters. The number of rotatable bonds is 8. The number of aromatic nitrogens is 2. The largest absolute Gasteiger partial charge is 0.493 e. The van der Waals surface area contributed by atoms with Gasteiger partial charge >= 0.3 is 0 Å². The van der Waals surface area contributed by atoms with Crippen LogP contribution in [0.1, 0.15) is 65.7 Å². The van der Waals surface area contributed by atoms with Crippen molar-refractivity contribution >= 4 is 55.7 Å². The summed E-state index contributed by atoms with van der Waals surface area (Å²) in [7, 11) is 9.44. The molecular formula is C60H44N4O8. The second-order valence-corrected chi connectivity index (χ2v) is 18.2. The molecule has 0 saturated carbocycles. The van der Waals surface area contributed by atoms with Crippen molar-refractivity contribution < 1.29 is 38.0 Å². The number of H-pyrrole nitrogens is 2. The van der Waals surface area contributed by atoms with E-state index in [0.29, 0.717) is 113 Å². The van der Waals surface area contributed by atoms with Gasteiger partial charge in [-0.05, 0) is 117 Å². The van der Waals surface area contributed by atoms with Gasteiger partial charge in [0.2, 0.25) is 11.5 Å². The summed E-state index contributed by atoms with van der Waals surface area (Å²) in [6, 6.07) is 39.2. The minimum Gasteiger partial charge on any atom is -0.493 e. The predicted octanol–water partition coefficient (Wildman–Crippen LogP) is 10.9.